The molecule has 2 aromatic rings. The van der Waals surface area contributed by atoms with Gasteiger partial charge in [0.25, 0.3) is 11.2 Å². The molecule has 2 N–H and O–H groups in total. The molecule has 0 aliphatic rings. The lowest BCUT2D eigenvalue weighted by molar-refractivity contribution is -0.385. The van der Waals surface area contributed by atoms with Crippen LogP contribution in [0.5, 0.6) is 0 Å². The third-order valence-corrected chi connectivity index (χ3v) is 3.13. The van der Waals surface area contributed by atoms with Gasteiger partial charge >= 0.3 is 0 Å². The zero-order chi connectivity index (χ0) is 16.5. The first-order valence-electron chi connectivity index (χ1n) is 6.80. The lowest BCUT2D eigenvalue weighted by Gasteiger charge is -2.19. The largest absolute Gasteiger partial charge is 0.324 e. The van der Waals surface area contributed by atoms with Crippen LogP contribution in [0.1, 0.15) is 19.4 Å². The van der Waals surface area contributed by atoms with Crippen molar-refractivity contribution in [2.75, 3.05) is 0 Å². The molecule has 7 nitrogen and oxygen atoms in total. The van der Waals surface area contributed by atoms with Gasteiger partial charge in [0.05, 0.1) is 17.2 Å². The summed E-state index contributed by atoms with van der Waals surface area (Å²) >= 11 is 0. The zero-order valence-corrected chi connectivity index (χ0v) is 12.7. The van der Waals surface area contributed by atoms with Crippen molar-refractivity contribution in [3.8, 4) is 11.3 Å². The van der Waals surface area contributed by atoms with Gasteiger partial charge in [-0.15, -0.1) is 0 Å². The molecule has 0 unspecified atom stereocenters. The minimum absolute atomic E-state index is 0.0243. The summed E-state index contributed by atoms with van der Waals surface area (Å²) in [5.74, 6) is 0. The maximum Gasteiger partial charge on any atom is 0.272 e. The van der Waals surface area contributed by atoms with E-state index in [0.717, 1.165) is 0 Å². The number of nitro groups is 1. The lowest BCUT2D eigenvalue weighted by atomic mass is 10.1. The van der Waals surface area contributed by atoms with Gasteiger partial charge in [-0.25, -0.2) is 4.68 Å². The summed E-state index contributed by atoms with van der Waals surface area (Å²) in [5, 5.41) is 15.3. The van der Waals surface area contributed by atoms with E-state index in [-0.39, 0.29) is 17.8 Å². The van der Waals surface area contributed by atoms with Gasteiger partial charge in [-0.2, -0.15) is 5.10 Å². The molecule has 0 saturated heterocycles. The molecule has 0 saturated carbocycles. The van der Waals surface area contributed by atoms with Gasteiger partial charge in [-0.3, -0.25) is 14.9 Å². The first kappa shape index (κ1) is 15.8. The molecule has 116 valence electrons. The van der Waals surface area contributed by atoms with Crippen LogP contribution in [-0.4, -0.2) is 20.2 Å². The van der Waals surface area contributed by atoms with Crippen LogP contribution in [0.2, 0.25) is 0 Å². The van der Waals surface area contributed by atoms with E-state index < -0.39 is 10.5 Å². The molecule has 0 radical (unpaired) electrons. The third kappa shape index (κ3) is 3.56. The second-order valence-corrected chi connectivity index (χ2v) is 5.96. The number of nitro benzene ring substituents is 1. The minimum Gasteiger partial charge on any atom is -0.324 e. The number of nitrogens with two attached hydrogens (primary N) is 1. The topological polar surface area (TPSA) is 104 Å². The van der Waals surface area contributed by atoms with Crippen molar-refractivity contribution in [1.29, 1.82) is 0 Å². The van der Waals surface area contributed by atoms with Crippen molar-refractivity contribution in [3.05, 3.63) is 56.4 Å². The number of hydrogen-bond acceptors (Lipinski definition) is 5. The number of hydrogen-bond donors (Lipinski definition) is 1. The summed E-state index contributed by atoms with van der Waals surface area (Å²) in [6.07, 6.45) is 0. The van der Waals surface area contributed by atoms with Gasteiger partial charge in [-0.1, -0.05) is 12.1 Å². The second-order valence-electron chi connectivity index (χ2n) is 5.96. The van der Waals surface area contributed by atoms with Gasteiger partial charge in [0.2, 0.25) is 0 Å². The normalized spacial score (nSPS) is 11.5. The van der Waals surface area contributed by atoms with Crippen LogP contribution in [0.4, 0.5) is 5.69 Å². The average Bonchev–Trinajstić information content (AvgIpc) is 2.40. The molecule has 0 aliphatic carbocycles. The lowest BCUT2D eigenvalue weighted by Crippen LogP contribution is -2.41. The van der Waals surface area contributed by atoms with E-state index in [4.69, 9.17) is 5.73 Å². The summed E-state index contributed by atoms with van der Waals surface area (Å²) < 4.78 is 1.28. The van der Waals surface area contributed by atoms with E-state index in [1.807, 2.05) is 0 Å². The van der Waals surface area contributed by atoms with Crippen LogP contribution >= 0.6 is 0 Å². The summed E-state index contributed by atoms with van der Waals surface area (Å²) in [6, 6.07) is 7.81. The quantitative estimate of drug-likeness (QED) is 0.685. The summed E-state index contributed by atoms with van der Waals surface area (Å²) in [4.78, 5) is 22.4. The van der Waals surface area contributed by atoms with Crippen LogP contribution in [0.3, 0.4) is 0 Å². The molecule has 0 aliphatic heterocycles. The number of aryl methyl sites for hydroxylation is 1. The highest BCUT2D eigenvalue weighted by atomic mass is 16.6. The Balaban J connectivity index is 2.50. The van der Waals surface area contributed by atoms with E-state index in [1.54, 1.807) is 39.0 Å². The highest BCUT2D eigenvalue weighted by Gasteiger charge is 2.16. The van der Waals surface area contributed by atoms with E-state index >= 15 is 0 Å². The van der Waals surface area contributed by atoms with Gasteiger partial charge in [0, 0.05) is 28.8 Å². The molecular formula is C15H18N4O3. The second kappa shape index (κ2) is 5.69. The predicted octanol–water partition coefficient (Wildman–Crippen LogP) is 1.86. The standard InChI is InChI=1S/C15H18N4O3/c1-10-4-5-11(8-13(10)19(21)22)12-6-7-14(20)18(17-12)9-15(2,3)16/h4-8H,9,16H2,1-3H3. The van der Waals surface area contributed by atoms with Gasteiger partial charge in [0.15, 0.2) is 0 Å². The van der Waals surface area contributed by atoms with Crippen molar-refractivity contribution in [2.45, 2.75) is 32.9 Å². The molecule has 22 heavy (non-hydrogen) atoms. The SMILES string of the molecule is Cc1ccc(-c2ccc(=O)n(CC(C)(C)N)n2)cc1[N+](=O)[O-]. The molecule has 0 fully saturated rings. The molecule has 1 aromatic heterocycles. The minimum atomic E-state index is -0.589. The van der Waals surface area contributed by atoms with Crippen LogP contribution < -0.4 is 11.3 Å². The van der Waals surface area contributed by atoms with Crippen molar-refractivity contribution in [1.82, 2.24) is 9.78 Å². The first-order chi connectivity index (χ1) is 10.2. The molecule has 0 spiro atoms. The number of benzene rings is 1. The molecule has 0 atom stereocenters. The molecule has 7 heteroatoms. The van der Waals surface area contributed by atoms with Crippen molar-refractivity contribution < 1.29 is 4.92 Å². The summed E-state index contributed by atoms with van der Waals surface area (Å²) in [5.41, 5.74) is 6.75. The fourth-order valence-corrected chi connectivity index (χ4v) is 2.07. The maximum atomic E-state index is 11.8. The highest BCUT2D eigenvalue weighted by Crippen LogP contribution is 2.25. The van der Waals surface area contributed by atoms with E-state index in [1.165, 1.54) is 16.8 Å². The molecule has 1 heterocycles. The van der Waals surface area contributed by atoms with Gasteiger partial charge < -0.3 is 5.73 Å². The molecule has 0 bridgehead atoms. The third-order valence-electron chi connectivity index (χ3n) is 3.13. The van der Waals surface area contributed by atoms with E-state index in [9.17, 15) is 14.9 Å². The summed E-state index contributed by atoms with van der Waals surface area (Å²) in [6.45, 7) is 5.52. The Morgan fingerprint density at radius 1 is 1.32 bits per heavy atom. The number of rotatable bonds is 4. The average molecular weight is 302 g/mol. The van der Waals surface area contributed by atoms with Crippen molar-refractivity contribution in [3.63, 3.8) is 0 Å². The van der Waals surface area contributed by atoms with E-state index in [0.29, 0.717) is 16.8 Å². The molecule has 2 rings (SSSR count). The van der Waals surface area contributed by atoms with E-state index in [2.05, 4.69) is 5.10 Å². The molecule has 1 aromatic carbocycles. The molecule has 0 amide bonds. The van der Waals surface area contributed by atoms with Crippen molar-refractivity contribution in [2.24, 2.45) is 5.73 Å². The Morgan fingerprint density at radius 3 is 2.59 bits per heavy atom. The Morgan fingerprint density at radius 2 is 2.00 bits per heavy atom. The van der Waals surface area contributed by atoms with Crippen LogP contribution in [-0.2, 0) is 6.54 Å². The Kier molecular flexibility index (Phi) is 4.09. The Labute approximate surface area is 127 Å². The first-order valence-corrected chi connectivity index (χ1v) is 6.80. The van der Waals surface area contributed by atoms with Crippen LogP contribution in [0, 0.1) is 17.0 Å². The van der Waals surface area contributed by atoms with Gasteiger partial charge in [-0.05, 0) is 26.8 Å². The zero-order valence-electron chi connectivity index (χ0n) is 12.7. The summed E-state index contributed by atoms with van der Waals surface area (Å²) in [7, 11) is 0. The predicted molar refractivity (Wildman–Crippen MR) is 83.6 cm³/mol. The smallest absolute Gasteiger partial charge is 0.272 e. The fraction of sp³-hybridized carbons (Fsp3) is 0.333. The number of nitrogens with zero attached hydrogens (tertiary/aromatic N) is 3. The fourth-order valence-electron chi connectivity index (χ4n) is 2.07. The number of aromatic nitrogens is 2. The Hall–Kier alpha value is -2.54. The monoisotopic (exact) mass is 302 g/mol. The molecular weight excluding hydrogens is 284 g/mol. The van der Waals surface area contributed by atoms with Crippen LogP contribution in [0.15, 0.2) is 35.1 Å². The Bertz CT molecular complexity index is 775. The van der Waals surface area contributed by atoms with Crippen LogP contribution in [0.25, 0.3) is 11.3 Å². The van der Waals surface area contributed by atoms with Crippen molar-refractivity contribution >= 4 is 5.69 Å². The van der Waals surface area contributed by atoms with Gasteiger partial charge in [0.1, 0.15) is 0 Å². The maximum absolute atomic E-state index is 11.8. The highest BCUT2D eigenvalue weighted by molar-refractivity contribution is 5.63.